The third kappa shape index (κ3) is 4.52. The second-order valence-electron chi connectivity index (χ2n) is 8.32. The van der Waals surface area contributed by atoms with Crippen LogP contribution >= 0.6 is 0 Å². The number of ether oxygens (including phenoxy) is 4. The van der Waals surface area contributed by atoms with Crippen LogP contribution in [0.25, 0.3) is 5.57 Å². The number of carbonyl (C=O) groups excluding carboxylic acids is 3. The molecule has 1 amide bonds. The van der Waals surface area contributed by atoms with E-state index >= 15 is 0 Å². The molecule has 0 aromatic heterocycles. The average molecular weight is 504 g/mol. The first-order chi connectivity index (χ1) is 17.8. The van der Waals surface area contributed by atoms with Crippen molar-refractivity contribution < 1.29 is 38.4 Å². The maximum absolute atomic E-state index is 13.5. The molecule has 3 aliphatic rings. The lowest BCUT2D eigenvalue weighted by molar-refractivity contribution is -0.141. The normalized spacial score (nSPS) is 21.8. The lowest BCUT2D eigenvalue weighted by Crippen LogP contribution is -2.47. The number of anilines is 1. The molecule has 3 atom stereocenters. The van der Waals surface area contributed by atoms with Gasteiger partial charge in [-0.2, -0.15) is 0 Å². The van der Waals surface area contributed by atoms with Gasteiger partial charge >= 0.3 is 18.0 Å². The summed E-state index contributed by atoms with van der Waals surface area (Å²) in [7, 11) is 4.00. The number of rotatable bonds is 5. The smallest absolute Gasteiger partial charge is 0.415 e. The molecule has 1 aromatic rings. The molecule has 1 N–H and O–H groups in total. The van der Waals surface area contributed by atoms with Crippen molar-refractivity contribution in [1.29, 1.82) is 0 Å². The Morgan fingerprint density at radius 3 is 2.46 bits per heavy atom. The van der Waals surface area contributed by atoms with Crippen LogP contribution < -0.4 is 9.64 Å². The number of hydrogen-bond acceptors (Lipinski definition) is 8. The highest BCUT2D eigenvalue weighted by atomic mass is 16.6. The molecule has 4 rings (SSSR count). The zero-order valence-corrected chi connectivity index (χ0v) is 20.8. The lowest BCUT2D eigenvalue weighted by atomic mass is 9.69. The SMILES string of the molecule is COC(=O)CCOC(=O)N1c2ccc(OC)cc2C2=C3[C@@H](C)C(C(=O)OC)=C(O)[C@H]2C#C/C=C\C#C[C@@H]31. The van der Waals surface area contributed by atoms with E-state index in [0.717, 1.165) is 0 Å². The van der Waals surface area contributed by atoms with Gasteiger partial charge in [0.25, 0.3) is 0 Å². The highest BCUT2D eigenvalue weighted by Crippen LogP contribution is 2.51. The van der Waals surface area contributed by atoms with Gasteiger partial charge in [0.2, 0.25) is 0 Å². The van der Waals surface area contributed by atoms with Gasteiger partial charge in [-0.25, -0.2) is 9.59 Å². The first-order valence-corrected chi connectivity index (χ1v) is 11.5. The Labute approximate surface area is 214 Å². The Hall–Kier alpha value is -4.63. The van der Waals surface area contributed by atoms with Crippen LogP contribution in [-0.4, -0.2) is 57.1 Å². The predicted molar refractivity (Wildman–Crippen MR) is 133 cm³/mol. The maximum Gasteiger partial charge on any atom is 0.415 e. The van der Waals surface area contributed by atoms with Gasteiger partial charge in [0.15, 0.2) is 0 Å². The molecule has 9 heteroatoms. The van der Waals surface area contributed by atoms with Gasteiger partial charge in [-0.1, -0.05) is 30.6 Å². The standard InChI is InChI=1S/C28H25NO8/c1-16-23-21-10-8-6-5-7-9-18(26(31)24(16)27(32)36-4)25(23)19-15-17(34-2)11-12-20(19)29(21)28(33)37-14-13-22(30)35-3/h5-6,11-12,15-16,18,21,31H,13-14H2,1-4H3/b6-5-/t16-,18+,21+/m1/s1. The molecular formula is C28H25NO8. The van der Waals surface area contributed by atoms with E-state index in [0.29, 0.717) is 28.1 Å². The van der Waals surface area contributed by atoms with Crippen LogP contribution in [-0.2, 0) is 23.8 Å². The van der Waals surface area contributed by atoms with E-state index in [1.807, 2.05) is 0 Å². The zero-order valence-electron chi connectivity index (χ0n) is 20.8. The number of esters is 2. The summed E-state index contributed by atoms with van der Waals surface area (Å²) in [4.78, 5) is 39.2. The van der Waals surface area contributed by atoms with Crippen LogP contribution in [0.15, 0.2) is 47.3 Å². The first-order valence-electron chi connectivity index (χ1n) is 11.5. The zero-order chi connectivity index (χ0) is 26.7. The molecule has 1 heterocycles. The van der Waals surface area contributed by atoms with Crippen LogP contribution in [0.4, 0.5) is 10.5 Å². The molecule has 0 spiro atoms. The first kappa shape index (κ1) is 25.5. The van der Waals surface area contributed by atoms with E-state index < -0.39 is 35.9 Å². The van der Waals surface area contributed by atoms with Gasteiger partial charge in [-0.15, -0.1) is 0 Å². The fraction of sp³-hybridized carbons (Fsp3) is 0.321. The number of carbonyl (C=O) groups is 3. The summed E-state index contributed by atoms with van der Waals surface area (Å²) >= 11 is 0. The summed E-state index contributed by atoms with van der Waals surface area (Å²) < 4.78 is 20.5. The number of benzene rings is 1. The van der Waals surface area contributed by atoms with Gasteiger partial charge < -0.3 is 24.1 Å². The van der Waals surface area contributed by atoms with Gasteiger partial charge in [0, 0.05) is 11.5 Å². The number of amides is 1. The summed E-state index contributed by atoms with van der Waals surface area (Å²) in [5, 5.41) is 11.3. The van der Waals surface area contributed by atoms with Crippen molar-refractivity contribution in [1.82, 2.24) is 0 Å². The summed E-state index contributed by atoms with van der Waals surface area (Å²) in [6.45, 7) is 1.54. The van der Waals surface area contributed by atoms with Gasteiger partial charge in [-0.3, -0.25) is 9.69 Å². The fourth-order valence-corrected chi connectivity index (χ4v) is 4.72. The molecule has 1 aliphatic heterocycles. The van der Waals surface area contributed by atoms with Crippen molar-refractivity contribution in [2.24, 2.45) is 11.8 Å². The predicted octanol–water partition coefficient (Wildman–Crippen LogP) is 3.16. The second-order valence-corrected chi connectivity index (χ2v) is 8.32. The van der Waals surface area contributed by atoms with E-state index in [1.54, 1.807) is 31.2 Å². The van der Waals surface area contributed by atoms with Crippen LogP contribution in [0, 0.1) is 35.5 Å². The average Bonchev–Trinajstić information content (AvgIpc) is 2.90. The fourth-order valence-electron chi connectivity index (χ4n) is 4.72. The second kappa shape index (κ2) is 10.5. The molecule has 190 valence electrons. The Kier molecular flexibility index (Phi) is 7.26. The number of fused-ring (bicyclic) bond motifs is 1. The van der Waals surface area contributed by atoms with E-state index in [2.05, 4.69) is 28.4 Å². The Morgan fingerprint density at radius 1 is 1.05 bits per heavy atom. The summed E-state index contributed by atoms with van der Waals surface area (Å²) in [5.41, 5.74) is 2.31. The van der Waals surface area contributed by atoms with Crippen molar-refractivity contribution in [3.63, 3.8) is 0 Å². The number of aliphatic hydroxyl groups is 1. The van der Waals surface area contributed by atoms with Gasteiger partial charge in [0.1, 0.15) is 30.1 Å². The number of aliphatic hydroxyl groups excluding tert-OH is 1. The van der Waals surface area contributed by atoms with Crippen LogP contribution in [0.2, 0.25) is 0 Å². The van der Waals surface area contributed by atoms with Crippen LogP contribution in [0.5, 0.6) is 5.75 Å². The molecule has 0 unspecified atom stereocenters. The number of hydrogen-bond donors (Lipinski definition) is 1. The quantitative estimate of drug-likeness (QED) is 0.371. The molecule has 0 saturated heterocycles. The lowest BCUT2D eigenvalue weighted by Gasteiger charge is -2.43. The summed E-state index contributed by atoms with van der Waals surface area (Å²) in [6, 6.07) is 4.26. The third-order valence-corrected chi connectivity index (χ3v) is 6.41. The molecule has 2 aliphatic carbocycles. The third-order valence-electron chi connectivity index (χ3n) is 6.41. The molecular weight excluding hydrogens is 478 g/mol. The maximum atomic E-state index is 13.5. The Morgan fingerprint density at radius 2 is 1.78 bits per heavy atom. The van der Waals surface area contributed by atoms with E-state index in [9.17, 15) is 19.5 Å². The van der Waals surface area contributed by atoms with Crippen molar-refractivity contribution >= 4 is 29.3 Å². The van der Waals surface area contributed by atoms with Gasteiger partial charge in [-0.05, 0) is 41.5 Å². The van der Waals surface area contributed by atoms with Crippen LogP contribution in [0.3, 0.4) is 0 Å². The number of methoxy groups -OCH3 is 3. The van der Waals surface area contributed by atoms with E-state index in [4.69, 9.17) is 14.2 Å². The molecule has 37 heavy (non-hydrogen) atoms. The topological polar surface area (TPSA) is 112 Å². The molecule has 0 saturated carbocycles. The number of nitrogens with zero attached hydrogens (tertiary/aromatic N) is 1. The molecule has 0 radical (unpaired) electrons. The van der Waals surface area contributed by atoms with E-state index in [-0.39, 0.29) is 24.4 Å². The van der Waals surface area contributed by atoms with Crippen molar-refractivity contribution in [2.45, 2.75) is 19.4 Å². The largest absolute Gasteiger partial charge is 0.510 e. The van der Waals surface area contributed by atoms with Crippen molar-refractivity contribution in [2.75, 3.05) is 32.8 Å². The minimum absolute atomic E-state index is 0.0438. The monoisotopic (exact) mass is 503 g/mol. The van der Waals surface area contributed by atoms with Gasteiger partial charge in [0.05, 0.1) is 39.0 Å². The molecule has 4 bridgehead atoms. The van der Waals surface area contributed by atoms with Crippen LogP contribution in [0.1, 0.15) is 18.9 Å². The molecule has 1 aromatic carbocycles. The van der Waals surface area contributed by atoms with Crippen molar-refractivity contribution in [3.8, 4) is 29.4 Å². The molecule has 9 nitrogen and oxygen atoms in total. The number of allylic oxidation sites excluding steroid dienone is 3. The highest BCUT2D eigenvalue weighted by molar-refractivity contribution is 6.02. The molecule has 0 fully saturated rings. The Balaban J connectivity index is 1.94. The minimum Gasteiger partial charge on any atom is -0.510 e. The summed E-state index contributed by atoms with van der Waals surface area (Å²) in [6.07, 6.45) is 2.22. The summed E-state index contributed by atoms with van der Waals surface area (Å²) in [5.74, 6) is 9.44. The highest BCUT2D eigenvalue weighted by Gasteiger charge is 2.47. The van der Waals surface area contributed by atoms with E-state index in [1.165, 1.54) is 32.3 Å². The Bertz CT molecular complexity index is 1380. The van der Waals surface area contributed by atoms with Crippen molar-refractivity contribution in [3.05, 3.63) is 52.8 Å². The minimum atomic E-state index is -0.879.